The minimum Gasteiger partial charge on any atom is -0.480 e. The van der Waals surface area contributed by atoms with Gasteiger partial charge in [-0.15, -0.1) is 0 Å². The van der Waals surface area contributed by atoms with E-state index in [9.17, 15) is 24.3 Å². The molecule has 0 bridgehead atoms. The monoisotopic (exact) mass is 288 g/mol. The van der Waals surface area contributed by atoms with Crippen LogP contribution in [0.5, 0.6) is 0 Å². The van der Waals surface area contributed by atoms with Gasteiger partial charge in [0.15, 0.2) is 0 Å². The smallest absolute Gasteiger partial charge is 0.319 e. The molecule has 2 aliphatic rings. The first kappa shape index (κ1) is 13.3. The summed E-state index contributed by atoms with van der Waals surface area (Å²) >= 11 is 0. The van der Waals surface area contributed by atoms with Gasteiger partial charge in [0, 0.05) is 5.69 Å². The Morgan fingerprint density at radius 3 is 2.38 bits per heavy atom. The van der Waals surface area contributed by atoms with Crippen LogP contribution in [0.2, 0.25) is 0 Å². The summed E-state index contributed by atoms with van der Waals surface area (Å²) in [5.74, 6) is -2.73. The van der Waals surface area contributed by atoms with Crippen LogP contribution in [0.1, 0.15) is 40.0 Å². The molecule has 1 fully saturated rings. The van der Waals surface area contributed by atoms with Crippen molar-refractivity contribution in [3.05, 3.63) is 29.3 Å². The van der Waals surface area contributed by atoms with Gasteiger partial charge in [-0.1, -0.05) is 6.42 Å². The molecule has 1 heterocycles. The van der Waals surface area contributed by atoms with Crippen molar-refractivity contribution in [3.63, 3.8) is 0 Å². The van der Waals surface area contributed by atoms with Gasteiger partial charge in [-0.25, -0.2) is 0 Å². The molecule has 21 heavy (non-hydrogen) atoms. The minimum atomic E-state index is -1.38. The van der Waals surface area contributed by atoms with Gasteiger partial charge in [0.1, 0.15) is 5.41 Å². The fourth-order valence-electron chi connectivity index (χ4n) is 2.56. The van der Waals surface area contributed by atoms with Gasteiger partial charge in [-0.2, -0.15) is 0 Å². The first-order chi connectivity index (χ1) is 9.94. The molecule has 3 amide bonds. The van der Waals surface area contributed by atoms with Crippen molar-refractivity contribution in [2.24, 2.45) is 5.41 Å². The molecule has 0 saturated heterocycles. The van der Waals surface area contributed by atoms with E-state index in [1.54, 1.807) is 0 Å². The number of imide groups is 1. The van der Waals surface area contributed by atoms with Crippen LogP contribution >= 0.6 is 0 Å². The third kappa shape index (κ3) is 1.89. The number of carboxylic acid groups (broad SMARTS) is 1. The summed E-state index contributed by atoms with van der Waals surface area (Å²) in [6, 6.07) is 4.28. The molecule has 0 unspecified atom stereocenters. The SMILES string of the molecule is O=C1NC(=O)c2cc(NC(=O)C3(C(=O)O)CCC3)ccc21. The fraction of sp³-hybridized carbons (Fsp3) is 0.286. The summed E-state index contributed by atoms with van der Waals surface area (Å²) in [5, 5.41) is 13.9. The van der Waals surface area contributed by atoms with Gasteiger partial charge in [0.25, 0.3) is 11.8 Å². The normalized spacial score (nSPS) is 18.5. The fourth-order valence-corrected chi connectivity index (χ4v) is 2.56. The zero-order valence-electron chi connectivity index (χ0n) is 10.9. The number of benzene rings is 1. The second-order valence-electron chi connectivity index (χ2n) is 5.24. The first-order valence-corrected chi connectivity index (χ1v) is 6.49. The number of hydrogen-bond acceptors (Lipinski definition) is 4. The number of hydrogen-bond donors (Lipinski definition) is 3. The zero-order valence-corrected chi connectivity index (χ0v) is 10.9. The molecule has 3 N–H and O–H groups in total. The summed E-state index contributed by atoms with van der Waals surface area (Å²) in [6.07, 6.45) is 1.30. The highest BCUT2D eigenvalue weighted by Crippen LogP contribution is 2.42. The van der Waals surface area contributed by atoms with Crippen LogP contribution in [0.3, 0.4) is 0 Å². The minimum absolute atomic E-state index is 0.177. The highest BCUT2D eigenvalue weighted by atomic mass is 16.4. The maximum Gasteiger partial charge on any atom is 0.319 e. The molecule has 0 atom stereocenters. The van der Waals surface area contributed by atoms with Crippen molar-refractivity contribution in [2.45, 2.75) is 19.3 Å². The van der Waals surface area contributed by atoms with E-state index in [2.05, 4.69) is 10.6 Å². The summed E-state index contributed by atoms with van der Waals surface area (Å²) in [5.41, 5.74) is -0.654. The average Bonchev–Trinajstić information content (AvgIpc) is 2.62. The van der Waals surface area contributed by atoms with Crippen LogP contribution in [0, 0.1) is 5.41 Å². The van der Waals surface area contributed by atoms with Crippen molar-refractivity contribution in [1.29, 1.82) is 0 Å². The summed E-state index contributed by atoms with van der Waals surface area (Å²) in [6.45, 7) is 0. The predicted octanol–water partition coefficient (Wildman–Crippen LogP) is 0.764. The molecule has 1 aliphatic heterocycles. The second-order valence-corrected chi connectivity index (χ2v) is 5.24. The lowest BCUT2D eigenvalue weighted by atomic mass is 9.68. The number of anilines is 1. The van der Waals surface area contributed by atoms with Crippen molar-refractivity contribution in [1.82, 2.24) is 5.32 Å². The van der Waals surface area contributed by atoms with E-state index in [0.717, 1.165) is 0 Å². The van der Waals surface area contributed by atoms with E-state index in [1.807, 2.05) is 0 Å². The number of fused-ring (bicyclic) bond motifs is 1. The average molecular weight is 288 g/mol. The topological polar surface area (TPSA) is 113 Å². The van der Waals surface area contributed by atoms with Crippen molar-refractivity contribution in [3.8, 4) is 0 Å². The third-order valence-electron chi connectivity index (χ3n) is 4.04. The number of nitrogens with one attached hydrogen (secondary N) is 2. The summed E-state index contributed by atoms with van der Waals surface area (Å²) in [4.78, 5) is 46.4. The standard InChI is InChI=1S/C14H12N2O5/c17-10-8-3-2-7(6-9(8)11(18)16-10)15-12(19)14(13(20)21)4-1-5-14/h2-3,6H,1,4-5H2,(H,15,19)(H,20,21)(H,16,17,18). The van der Waals surface area contributed by atoms with Gasteiger partial charge in [-0.05, 0) is 31.0 Å². The third-order valence-corrected chi connectivity index (χ3v) is 4.04. The van der Waals surface area contributed by atoms with Crippen LogP contribution in [0.4, 0.5) is 5.69 Å². The Hall–Kier alpha value is -2.70. The molecular formula is C14H12N2O5. The second kappa shape index (κ2) is 4.41. The molecule has 1 aromatic rings. The van der Waals surface area contributed by atoms with Gasteiger partial charge in [-0.3, -0.25) is 24.5 Å². The molecule has 3 rings (SSSR count). The molecule has 7 nitrogen and oxygen atoms in total. The van der Waals surface area contributed by atoms with Crippen LogP contribution in [-0.4, -0.2) is 28.8 Å². The molecule has 7 heteroatoms. The van der Waals surface area contributed by atoms with Gasteiger partial charge >= 0.3 is 5.97 Å². The van der Waals surface area contributed by atoms with E-state index < -0.39 is 29.1 Å². The first-order valence-electron chi connectivity index (χ1n) is 6.49. The van der Waals surface area contributed by atoms with Gasteiger partial charge in [0.2, 0.25) is 5.91 Å². The molecule has 0 spiro atoms. The Bertz CT molecular complexity index is 691. The number of carbonyl (C=O) groups excluding carboxylic acids is 3. The van der Waals surface area contributed by atoms with Crippen molar-refractivity contribution >= 4 is 29.4 Å². The van der Waals surface area contributed by atoms with E-state index in [1.165, 1.54) is 18.2 Å². The Morgan fingerprint density at radius 1 is 1.14 bits per heavy atom. The number of aliphatic carboxylic acids is 1. The van der Waals surface area contributed by atoms with Crippen LogP contribution < -0.4 is 10.6 Å². The Balaban J connectivity index is 1.85. The molecule has 1 aromatic carbocycles. The van der Waals surface area contributed by atoms with E-state index in [4.69, 9.17) is 0 Å². The van der Waals surface area contributed by atoms with Gasteiger partial charge < -0.3 is 10.4 Å². The van der Waals surface area contributed by atoms with E-state index >= 15 is 0 Å². The molecule has 0 radical (unpaired) electrons. The van der Waals surface area contributed by atoms with Crippen LogP contribution in [0.15, 0.2) is 18.2 Å². The van der Waals surface area contributed by atoms with Crippen molar-refractivity contribution < 1.29 is 24.3 Å². The van der Waals surface area contributed by atoms with Crippen LogP contribution in [-0.2, 0) is 9.59 Å². The largest absolute Gasteiger partial charge is 0.480 e. The molecule has 0 aromatic heterocycles. The molecule has 1 saturated carbocycles. The number of carboxylic acids is 1. The number of rotatable bonds is 3. The quantitative estimate of drug-likeness (QED) is 0.561. The lowest BCUT2D eigenvalue weighted by Crippen LogP contribution is -2.48. The van der Waals surface area contributed by atoms with Crippen LogP contribution in [0.25, 0.3) is 0 Å². The molecular weight excluding hydrogens is 276 g/mol. The number of amides is 3. The maximum atomic E-state index is 12.1. The summed E-state index contributed by atoms with van der Waals surface area (Å²) in [7, 11) is 0. The van der Waals surface area contributed by atoms with Gasteiger partial charge in [0.05, 0.1) is 11.1 Å². The maximum absolute atomic E-state index is 12.1. The Labute approximate surface area is 119 Å². The highest BCUT2D eigenvalue weighted by molar-refractivity contribution is 6.22. The molecule has 1 aliphatic carbocycles. The predicted molar refractivity (Wildman–Crippen MR) is 70.8 cm³/mol. The van der Waals surface area contributed by atoms with E-state index in [0.29, 0.717) is 24.9 Å². The van der Waals surface area contributed by atoms with Crippen molar-refractivity contribution in [2.75, 3.05) is 5.32 Å². The Kier molecular flexibility index (Phi) is 2.79. The zero-order chi connectivity index (χ0) is 15.2. The lowest BCUT2D eigenvalue weighted by molar-refractivity contribution is -0.159. The lowest BCUT2D eigenvalue weighted by Gasteiger charge is -2.35. The Morgan fingerprint density at radius 2 is 1.81 bits per heavy atom. The number of carbonyl (C=O) groups is 4. The molecule has 108 valence electrons. The van der Waals surface area contributed by atoms with E-state index in [-0.39, 0.29) is 11.1 Å². The summed E-state index contributed by atoms with van der Waals surface area (Å²) < 4.78 is 0. The highest BCUT2D eigenvalue weighted by Gasteiger charge is 2.51.